The van der Waals surface area contributed by atoms with Gasteiger partial charge in [0.1, 0.15) is 0 Å². The topological polar surface area (TPSA) is 18.5 Å². The van der Waals surface area contributed by atoms with E-state index in [1.54, 1.807) is 14.2 Å². The third-order valence-corrected chi connectivity index (χ3v) is 5.18. The molecule has 0 spiro atoms. The Hall–Kier alpha value is 0.0938. The summed E-state index contributed by atoms with van der Waals surface area (Å²) < 4.78 is 9.97. The molecular weight excluding hydrogens is 148 g/mol. The van der Waals surface area contributed by atoms with E-state index in [-0.39, 0.29) is 15.3 Å². The highest BCUT2D eigenvalue weighted by Gasteiger charge is 2.06. The standard InChI is InChI=1S/C5H14O2Si2/c1-4(9-8)5(6-2)7-3/h5H,1,9H2,2-3,8H3. The van der Waals surface area contributed by atoms with Gasteiger partial charge in [-0.15, -0.1) is 0 Å². The fourth-order valence-electron chi connectivity index (χ4n) is 0.596. The summed E-state index contributed by atoms with van der Waals surface area (Å²) in [5.74, 6) is 0. The first-order valence-corrected chi connectivity index (χ1v) is 9.35. The van der Waals surface area contributed by atoms with Crippen molar-refractivity contribution in [1.82, 2.24) is 0 Å². The van der Waals surface area contributed by atoms with Crippen molar-refractivity contribution in [2.24, 2.45) is 0 Å². The molecule has 9 heavy (non-hydrogen) atoms. The number of hydrogen-bond acceptors (Lipinski definition) is 2. The van der Waals surface area contributed by atoms with E-state index in [4.69, 9.17) is 9.47 Å². The van der Waals surface area contributed by atoms with Gasteiger partial charge in [0.15, 0.2) is 6.29 Å². The molecule has 0 unspecified atom stereocenters. The van der Waals surface area contributed by atoms with Crippen molar-refractivity contribution >= 4 is 18.8 Å². The minimum absolute atomic E-state index is 0.0366. The molecule has 0 aliphatic carbocycles. The minimum atomic E-state index is -0.130. The Balaban J connectivity index is 3.64. The van der Waals surface area contributed by atoms with Gasteiger partial charge in [0.2, 0.25) is 0 Å². The summed E-state index contributed by atoms with van der Waals surface area (Å²) in [6, 6.07) is 0. The van der Waals surface area contributed by atoms with Crippen LogP contribution in [0.4, 0.5) is 0 Å². The number of ether oxygens (including phenoxy) is 2. The number of hydrogen-bond donors (Lipinski definition) is 0. The van der Waals surface area contributed by atoms with Crippen LogP contribution in [0.5, 0.6) is 0 Å². The molecule has 0 radical (unpaired) electrons. The molecule has 0 heterocycles. The summed E-state index contributed by atoms with van der Waals surface area (Å²) in [6.07, 6.45) is -0.130. The largest absolute Gasteiger partial charge is 0.352 e. The van der Waals surface area contributed by atoms with Gasteiger partial charge in [-0.3, -0.25) is 0 Å². The van der Waals surface area contributed by atoms with Gasteiger partial charge in [-0.05, 0) is 15.0 Å². The Kier molecular flexibility index (Phi) is 4.98. The van der Waals surface area contributed by atoms with Crippen molar-refractivity contribution in [2.75, 3.05) is 14.2 Å². The van der Waals surface area contributed by atoms with Crippen LogP contribution < -0.4 is 0 Å². The SMILES string of the molecule is C=C([SiH2][SiH3])C(OC)OC. The average Bonchev–Trinajstić information content (AvgIpc) is 1.90. The lowest BCUT2D eigenvalue weighted by Crippen LogP contribution is -2.19. The van der Waals surface area contributed by atoms with Crippen LogP contribution in [0.2, 0.25) is 0 Å². The first-order chi connectivity index (χ1) is 4.26. The Morgan fingerprint density at radius 1 is 1.56 bits per heavy atom. The van der Waals surface area contributed by atoms with Gasteiger partial charge >= 0.3 is 0 Å². The predicted molar refractivity (Wildman–Crippen MR) is 45.4 cm³/mol. The van der Waals surface area contributed by atoms with E-state index >= 15 is 0 Å². The average molecular weight is 162 g/mol. The number of rotatable bonds is 4. The molecule has 0 aliphatic heterocycles. The van der Waals surface area contributed by atoms with Crippen LogP contribution >= 0.6 is 0 Å². The fraction of sp³-hybridized carbons (Fsp3) is 0.600. The van der Waals surface area contributed by atoms with Gasteiger partial charge in [0.25, 0.3) is 0 Å². The smallest absolute Gasteiger partial charge is 0.174 e. The summed E-state index contributed by atoms with van der Waals surface area (Å²) in [4.78, 5) is 0. The van der Waals surface area contributed by atoms with Gasteiger partial charge in [0, 0.05) is 23.3 Å². The third-order valence-electron chi connectivity index (χ3n) is 1.22. The highest BCUT2D eigenvalue weighted by molar-refractivity contribution is 6.93. The van der Waals surface area contributed by atoms with Crippen molar-refractivity contribution < 1.29 is 9.47 Å². The van der Waals surface area contributed by atoms with E-state index in [9.17, 15) is 0 Å². The predicted octanol–water partition coefficient (Wildman–Crippen LogP) is -1.43. The Morgan fingerprint density at radius 3 is 2.11 bits per heavy atom. The molecule has 0 saturated carbocycles. The molecule has 0 N–H and O–H groups in total. The van der Waals surface area contributed by atoms with Crippen LogP contribution in [0, 0.1) is 0 Å². The Morgan fingerprint density at radius 2 is 2.00 bits per heavy atom. The number of methoxy groups -OCH3 is 2. The van der Waals surface area contributed by atoms with E-state index in [1.807, 2.05) is 0 Å². The van der Waals surface area contributed by atoms with E-state index < -0.39 is 0 Å². The van der Waals surface area contributed by atoms with Crippen molar-refractivity contribution in [3.8, 4) is 0 Å². The van der Waals surface area contributed by atoms with Crippen LogP contribution in [0.1, 0.15) is 0 Å². The summed E-state index contributed by atoms with van der Waals surface area (Å²) in [5, 5.41) is 1.17. The van der Waals surface area contributed by atoms with Gasteiger partial charge in [-0.25, -0.2) is 0 Å². The lowest BCUT2D eigenvalue weighted by molar-refractivity contribution is -0.0697. The first-order valence-electron chi connectivity index (χ1n) is 2.99. The second-order valence-corrected chi connectivity index (χ2v) is 5.55. The van der Waals surface area contributed by atoms with Gasteiger partial charge in [0.05, 0.1) is 0 Å². The van der Waals surface area contributed by atoms with Crippen molar-refractivity contribution in [1.29, 1.82) is 0 Å². The normalized spacial score (nSPS) is 11.9. The maximum Gasteiger partial charge on any atom is 0.174 e. The third kappa shape index (κ3) is 2.95. The summed E-state index contributed by atoms with van der Waals surface area (Å²) in [6.45, 7) is 3.86. The molecule has 0 aromatic carbocycles. The Bertz CT molecular complexity index is 91.0. The van der Waals surface area contributed by atoms with Gasteiger partial charge < -0.3 is 9.47 Å². The quantitative estimate of drug-likeness (QED) is 0.373. The molecule has 54 valence electrons. The Labute approximate surface area is 61.3 Å². The van der Waals surface area contributed by atoms with Gasteiger partial charge in [-0.1, -0.05) is 6.58 Å². The molecule has 0 rings (SSSR count). The molecule has 0 aliphatic rings. The molecule has 4 heteroatoms. The van der Waals surface area contributed by atoms with Crippen LogP contribution in [0.25, 0.3) is 0 Å². The van der Waals surface area contributed by atoms with Crippen LogP contribution in [-0.4, -0.2) is 39.3 Å². The van der Waals surface area contributed by atoms with Crippen molar-refractivity contribution in [3.63, 3.8) is 0 Å². The summed E-state index contributed by atoms with van der Waals surface area (Å²) >= 11 is 0. The summed E-state index contributed by atoms with van der Waals surface area (Å²) in [5.41, 5.74) is 0. The minimum Gasteiger partial charge on any atom is -0.352 e. The molecular formula is C5H14O2Si2. The van der Waals surface area contributed by atoms with Crippen molar-refractivity contribution in [2.45, 2.75) is 6.29 Å². The first kappa shape index (κ1) is 9.09. The molecule has 0 saturated heterocycles. The molecule has 0 aromatic rings. The molecule has 0 aromatic heterocycles. The highest BCUT2D eigenvalue weighted by Crippen LogP contribution is 2.00. The second-order valence-electron chi connectivity index (χ2n) is 1.82. The van der Waals surface area contributed by atoms with E-state index in [0.717, 1.165) is 0 Å². The molecule has 0 bridgehead atoms. The van der Waals surface area contributed by atoms with Crippen LogP contribution in [0.3, 0.4) is 0 Å². The van der Waals surface area contributed by atoms with E-state index in [0.29, 0.717) is 0 Å². The molecule has 2 nitrogen and oxygen atoms in total. The van der Waals surface area contributed by atoms with E-state index in [2.05, 4.69) is 6.58 Å². The summed E-state index contributed by atoms with van der Waals surface area (Å²) in [7, 11) is 4.51. The van der Waals surface area contributed by atoms with Gasteiger partial charge in [-0.2, -0.15) is 0 Å². The van der Waals surface area contributed by atoms with Crippen LogP contribution in [0.15, 0.2) is 11.8 Å². The molecule has 0 fully saturated rings. The zero-order chi connectivity index (χ0) is 7.28. The maximum absolute atomic E-state index is 4.99. The molecule has 0 atom stereocenters. The lowest BCUT2D eigenvalue weighted by Gasteiger charge is -2.13. The van der Waals surface area contributed by atoms with E-state index in [1.165, 1.54) is 15.0 Å². The highest BCUT2D eigenvalue weighted by atomic mass is 29.1. The maximum atomic E-state index is 4.99. The lowest BCUT2D eigenvalue weighted by atomic mass is 10.6. The second kappa shape index (κ2) is 4.93. The van der Waals surface area contributed by atoms with Crippen LogP contribution in [-0.2, 0) is 9.47 Å². The fourth-order valence-corrected chi connectivity index (χ4v) is 2.26. The van der Waals surface area contributed by atoms with Crippen molar-refractivity contribution in [3.05, 3.63) is 11.8 Å². The molecule has 0 amide bonds. The zero-order valence-corrected chi connectivity index (χ0v) is 9.72. The monoisotopic (exact) mass is 162 g/mol. The zero-order valence-electron chi connectivity index (χ0n) is 6.31.